The lowest BCUT2D eigenvalue weighted by atomic mass is 9.78. The lowest BCUT2D eigenvalue weighted by Crippen LogP contribution is -2.39. The molecule has 0 spiro atoms. The van der Waals surface area contributed by atoms with Crippen LogP contribution < -0.4 is 0 Å². The second kappa shape index (κ2) is 7.62. The molecule has 0 fully saturated rings. The first-order valence-corrected chi connectivity index (χ1v) is 6.83. The average molecular weight is 279 g/mol. The Kier molecular flexibility index (Phi) is 6.15. The zero-order chi connectivity index (χ0) is 15.1. The van der Waals surface area contributed by atoms with Crippen LogP contribution >= 0.6 is 0 Å². The Morgan fingerprint density at radius 1 is 1.25 bits per heavy atom. The van der Waals surface area contributed by atoms with Gasteiger partial charge in [-0.2, -0.15) is 0 Å². The number of benzene rings is 1. The molecular weight excluding hydrogens is 258 g/mol. The molecule has 110 valence electrons. The predicted octanol–water partition coefficient (Wildman–Crippen LogP) is 3.02. The maximum atomic E-state index is 11.8. The van der Waals surface area contributed by atoms with E-state index < -0.39 is 22.9 Å². The van der Waals surface area contributed by atoms with E-state index >= 15 is 0 Å². The molecule has 0 bridgehead atoms. The van der Waals surface area contributed by atoms with Gasteiger partial charge in [0, 0.05) is 4.92 Å². The van der Waals surface area contributed by atoms with Crippen molar-refractivity contribution in [2.24, 2.45) is 5.92 Å². The summed E-state index contributed by atoms with van der Waals surface area (Å²) in [6.07, 6.45) is 1.55. The third kappa shape index (κ3) is 3.56. The molecule has 0 saturated heterocycles. The van der Waals surface area contributed by atoms with E-state index in [1.54, 1.807) is 0 Å². The molecule has 1 aromatic rings. The maximum Gasteiger partial charge on any atom is 0.382 e. The monoisotopic (exact) mass is 279 g/mol. The topological polar surface area (TPSA) is 69.4 Å². The molecule has 2 unspecified atom stereocenters. The van der Waals surface area contributed by atoms with Crippen molar-refractivity contribution >= 4 is 5.97 Å². The number of esters is 1. The molecular formula is C15H21NO4. The molecule has 0 amide bonds. The number of hydrogen-bond donors (Lipinski definition) is 0. The smallest absolute Gasteiger partial charge is 0.382 e. The molecule has 1 aromatic carbocycles. The zero-order valence-corrected chi connectivity index (χ0v) is 12.1. The predicted molar refractivity (Wildman–Crippen MR) is 76.1 cm³/mol. The van der Waals surface area contributed by atoms with Gasteiger partial charge < -0.3 is 4.74 Å². The Hall–Kier alpha value is -1.91. The van der Waals surface area contributed by atoms with Gasteiger partial charge in [0.1, 0.15) is 0 Å². The second-order valence-corrected chi connectivity index (χ2v) is 4.77. The van der Waals surface area contributed by atoms with Gasteiger partial charge in [-0.1, -0.05) is 57.0 Å². The van der Waals surface area contributed by atoms with E-state index in [9.17, 15) is 14.9 Å². The van der Waals surface area contributed by atoms with E-state index in [4.69, 9.17) is 0 Å². The lowest BCUT2D eigenvalue weighted by Gasteiger charge is -2.26. The van der Waals surface area contributed by atoms with Gasteiger partial charge in [-0.15, -0.1) is 0 Å². The third-order valence-electron chi connectivity index (χ3n) is 3.75. The normalized spacial score (nSPS) is 13.8. The Labute approximate surface area is 119 Å². The van der Waals surface area contributed by atoms with Crippen molar-refractivity contribution in [2.45, 2.75) is 38.6 Å². The molecule has 0 aliphatic rings. The van der Waals surface area contributed by atoms with Gasteiger partial charge in [-0.25, -0.2) is 4.79 Å². The Balaban J connectivity index is 3.27. The van der Waals surface area contributed by atoms with Crippen LogP contribution in [-0.2, 0) is 9.53 Å². The van der Waals surface area contributed by atoms with Crippen LogP contribution in [0.5, 0.6) is 0 Å². The first-order chi connectivity index (χ1) is 9.56. The summed E-state index contributed by atoms with van der Waals surface area (Å²) in [5, 5.41) is 11.4. The van der Waals surface area contributed by atoms with Crippen molar-refractivity contribution in [1.82, 2.24) is 0 Å². The van der Waals surface area contributed by atoms with E-state index in [2.05, 4.69) is 4.74 Å². The van der Waals surface area contributed by atoms with E-state index in [1.165, 1.54) is 7.11 Å². The summed E-state index contributed by atoms with van der Waals surface area (Å²) in [5.41, 5.74) is 0.813. The summed E-state index contributed by atoms with van der Waals surface area (Å²) in [6.45, 7) is 3.97. The molecule has 5 nitrogen and oxygen atoms in total. The molecule has 0 aliphatic heterocycles. The van der Waals surface area contributed by atoms with Crippen LogP contribution in [0.25, 0.3) is 0 Å². The Bertz CT molecular complexity index is 442. The van der Waals surface area contributed by atoms with Crippen molar-refractivity contribution < 1.29 is 14.5 Å². The van der Waals surface area contributed by atoms with Gasteiger partial charge in [0.2, 0.25) is 0 Å². The van der Waals surface area contributed by atoms with Crippen LogP contribution in [0.1, 0.15) is 38.2 Å². The van der Waals surface area contributed by atoms with Gasteiger partial charge in [0.15, 0.2) is 0 Å². The Morgan fingerprint density at radius 3 is 2.20 bits per heavy atom. The van der Waals surface area contributed by atoms with E-state index in [0.717, 1.165) is 18.4 Å². The molecule has 20 heavy (non-hydrogen) atoms. The summed E-state index contributed by atoms with van der Waals surface area (Å²) in [4.78, 5) is 22.7. The van der Waals surface area contributed by atoms with Crippen molar-refractivity contribution in [3.63, 3.8) is 0 Å². The number of hydrogen-bond acceptors (Lipinski definition) is 4. The number of ether oxygens (including phenoxy) is 1. The molecule has 0 heterocycles. The van der Waals surface area contributed by atoms with Gasteiger partial charge >= 0.3 is 12.0 Å². The Morgan fingerprint density at radius 2 is 1.80 bits per heavy atom. The minimum Gasteiger partial charge on any atom is -0.464 e. The summed E-state index contributed by atoms with van der Waals surface area (Å²) >= 11 is 0. The van der Waals surface area contributed by atoms with Gasteiger partial charge in [-0.05, 0) is 11.5 Å². The lowest BCUT2D eigenvalue weighted by molar-refractivity contribution is -0.516. The van der Waals surface area contributed by atoms with Crippen LogP contribution in [0.15, 0.2) is 30.3 Å². The van der Waals surface area contributed by atoms with E-state index in [-0.39, 0.29) is 5.92 Å². The van der Waals surface area contributed by atoms with E-state index in [0.29, 0.717) is 0 Å². The number of carbonyl (C=O) groups is 1. The summed E-state index contributed by atoms with van der Waals surface area (Å²) in [5.74, 6) is -1.18. The summed E-state index contributed by atoms with van der Waals surface area (Å²) in [7, 11) is 1.19. The standard InChI is InChI=1S/C15H21NO4/c1-4-11(5-2)13(12-9-7-6-8-10-12)14(16(18)19)15(17)20-3/h6-11,13-14H,4-5H2,1-3H3. The molecule has 0 N–H and O–H groups in total. The molecule has 5 heteroatoms. The number of carbonyl (C=O) groups excluding carboxylic acids is 1. The van der Waals surface area contributed by atoms with Crippen LogP contribution in [0.4, 0.5) is 0 Å². The van der Waals surface area contributed by atoms with Crippen LogP contribution in [0.2, 0.25) is 0 Å². The zero-order valence-electron chi connectivity index (χ0n) is 12.1. The van der Waals surface area contributed by atoms with Gasteiger partial charge in [0.25, 0.3) is 0 Å². The highest BCUT2D eigenvalue weighted by Crippen LogP contribution is 2.34. The fourth-order valence-corrected chi connectivity index (χ4v) is 2.67. The van der Waals surface area contributed by atoms with Gasteiger partial charge in [-0.3, -0.25) is 10.1 Å². The summed E-state index contributed by atoms with van der Waals surface area (Å²) < 4.78 is 4.63. The first-order valence-electron chi connectivity index (χ1n) is 6.83. The molecule has 0 saturated carbocycles. The van der Waals surface area contributed by atoms with Crippen molar-refractivity contribution in [3.05, 3.63) is 46.0 Å². The molecule has 0 aliphatic carbocycles. The highest BCUT2D eigenvalue weighted by atomic mass is 16.6. The SMILES string of the molecule is CCC(CC)C(c1ccccc1)C(C(=O)OC)[N+](=O)[O-]. The van der Waals surface area contributed by atoms with Crippen molar-refractivity contribution in [1.29, 1.82) is 0 Å². The second-order valence-electron chi connectivity index (χ2n) is 4.77. The number of nitro groups is 1. The number of rotatable bonds is 7. The van der Waals surface area contributed by atoms with Crippen molar-refractivity contribution in [2.75, 3.05) is 7.11 Å². The molecule has 0 radical (unpaired) electrons. The van der Waals surface area contributed by atoms with Crippen LogP contribution in [0.3, 0.4) is 0 Å². The quantitative estimate of drug-likeness (QED) is 0.437. The maximum absolute atomic E-state index is 11.8. The highest BCUT2D eigenvalue weighted by Gasteiger charge is 2.43. The first kappa shape index (κ1) is 16.1. The highest BCUT2D eigenvalue weighted by molar-refractivity contribution is 5.75. The minimum atomic E-state index is -1.35. The van der Waals surface area contributed by atoms with Crippen LogP contribution in [-0.4, -0.2) is 24.0 Å². The number of nitrogens with zero attached hydrogens (tertiary/aromatic N) is 1. The largest absolute Gasteiger partial charge is 0.464 e. The fraction of sp³-hybridized carbons (Fsp3) is 0.533. The van der Waals surface area contributed by atoms with Gasteiger partial charge in [0.05, 0.1) is 13.0 Å². The number of methoxy groups -OCH3 is 1. The molecule has 2 atom stereocenters. The minimum absolute atomic E-state index is 0.0619. The molecule has 0 aromatic heterocycles. The third-order valence-corrected chi connectivity index (χ3v) is 3.75. The summed E-state index contributed by atoms with van der Waals surface area (Å²) in [6, 6.07) is 7.84. The van der Waals surface area contributed by atoms with Crippen LogP contribution in [0, 0.1) is 16.0 Å². The fourth-order valence-electron chi connectivity index (χ4n) is 2.67. The average Bonchev–Trinajstić information content (AvgIpc) is 2.47. The van der Waals surface area contributed by atoms with Crippen molar-refractivity contribution in [3.8, 4) is 0 Å². The molecule has 1 rings (SSSR count). The van der Waals surface area contributed by atoms with E-state index in [1.807, 2.05) is 44.2 Å².